The van der Waals surface area contributed by atoms with E-state index in [2.05, 4.69) is 114 Å². The topological polar surface area (TPSA) is 43.6 Å². The minimum atomic E-state index is 0.624. The number of aromatic nitrogens is 4. The Morgan fingerprint density at radius 1 is 0.340 bits per heavy atom. The second kappa shape index (κ2) is 11.2. The van der Waals surface area contributed by atoms with Crippen molar-refractivity contribution < 1.29 is 0 Å². The predicted octanol–water partition coefficient (Wildman–Crippen LogP) is 10.8. The first kappa shape index (κ1) is 27.0. The SMILES string of the molecule is c1ccc(-c2nc(-c3ccccc3)nc(-c3ccc(-c4cccc5ccccc45)cc3-n3c4ccccc4c4ccccc43)n2)cc1. The Morgan fingerprint density at radius 3 is 1.49 bits per heavy atom. The Kier molecular flexibility index (Phi) is 6.43. The molecule has 0 spiro atoms. The van der Waals surface area contributed by atoms with Crippen molar-refractivity contribution in [3.8, 4) is 51.0 Å². The molecule has 0 unspecified atom stereocenters. The largest absolute Gasteiger partial charge is 0.308 e. The number of hydrogen-bond acceptors (Lipinski definition) is 3. The van der Waals surface area contributed by atoms with Crippen LogP contribution in [0.25, 0.3) is 83.6 Å². The molecule has 2 heterocycles. The van der Waals surface area contributed by atoms with Crippen molar-refractivity contribution in [2.75, 3.05) is 0 Å². The van der Waals surface area contributed by atoms with Gasteiger partial charge in [-0.1, -0.05) is 146 Å². The van der Waals surface area contributed by atoms with Crippen molar-refractivity contribution in [2.24, 2.45) is 0 Å². The Hall–Kier alpha value is -6.39. The normalized spacial score (nSPS) is 11.4. The van der Waals surface area contributed by atoms with Crippen LogP contribution in [0.4, 0.5) is 0 Å². The van der Waals surface area contributed by atoms with Gasteiger partial charge in [-0.05, 0) is 46.2 Å². The summed E-state index contributed by atoms with van der Waals surface area (Å²) < 4.78 is 2.36. The minimum absolute atomic E-state index is 0.624. The van der Waals surface area contributed by atoms with Crippen LogP contribution in [-0.2, 0) is 0 Å². The Morgan fingerprint density at radius 2 is 0.851 bits per heavy atom. The van der Waals surface area contributed by atoms with Gasteiger partial charge in [0, 0.05) is 27.5 Å². The van der Waals surface area contributed by atoms with E-state index in [4.69, 9.17) is 15.0 Å². The second-order valence-corrected chi connectivity index (χ2v) is 11.7. The van der Waals surface area contributed by atoms with Crippen LogP contribution < -0.4 is 0 Å². The molecule has 0 aliphatic heterocycles. The molecule has 0 amide bonds. The van der Waals surface area contributed by atoms with Gasteiger partial charge in [-0.25, -0.2) is 15.0 Å². The summed E-state index contributed by atoms with van der Waals surface area (Å²) in [5, 5.41) is 4.84. The number of hydrogen-bond donors (Lipinski definition) is 0. The Bertz CT molecular complexity index is 2450. The van der Waals surface area contributed by atoms with Gasteiger partial charge in [0.2, 0.25) is 0 Å². The molecule has 0 radical (unpaired) electrons. The van der Waals surface area contributed by atoms with Crippen LogP contribution in [0.3, 0.4) is 0 Å². The first-order chi connectivity index (χ1) is 23.3. The molecule has 7 aromatic carbocycles. The molecule has 9 aromatic rings. The number of nitrogens with zero attached hydrogens (tertiary/aromatic N) is 4. The van der Waals surface area contributed by atoms with E-state index in [0.717, 1.165) is 39.0 Å². The lowest BCUT2D eigenvalue weighted by molar-refractivity contribution is 1.06. The van der Waals surface area contributed by atoms with E-state index in [-0.39, 0.29) is 0 Å². The van der Waals surface area contributed by atoms with Gasteiger partial charge in [-0.15, -0.1) is 0 Å². The van der Waals surface area contributed by atoms with Crippen molar-refractivity contribution in [3.05, 3.63) is 170 Å². The molecule has 0 N–H and O–H groups in total. The van der Waals surface area contributed by atoms with Crippen molar-refractivity contribution in [1.82, 2.24) is 19.5 Å². The summed E-state index contributed by atoms with van der Waals surface area (Å²) in [5.74, 6) is 1.90. The lowest BCUT2D eigenvalue weighted by Crippen LogP contribution is -2.04. The first-order valence-electron chi connectivity index (χ1n) is 15.8. The summed E-state index contributed by atoms with van der Waals surface area (Å²) in [6.45, 7) is 0. The van der Waals surface area contributed by atoms with Crippen LogP contribution in [-0.4, -0.2) is 19.5 Å². The molecule has 220 valence electrons. The summed E-state index contributed by atoms with van der Waals surface area (Å²) in [5.41, 5.74) is 8.40. The molecule has 0 saturated carbocycles. The lowest BCUT2D eigenvalue weighted by atomic mass is 9.96. The van der Waals surface area contributed by atoms with Crippen molar-refractivity contribution in [2.45, 2.75) is 0 Å². The van der Waals surface area contributed by atoms with Gasteiger partial charge in [0.1, 0.15) is 0 Å². The minimum Gasteiger partial charge on any atom is -0.308 e. The fourth-order valence-electron chi connectivity index (χ4n) is 6.66. The molecule has 2 aromatic heterocycles. The zero-order valence-corrected chi connectivity index (χ0v) is 25.5. The Balaban J connectivity index is 1.37. The van der Waals surface area contributed by atoms with Crippen molar-refractivity contribution >= 4 is 32.6 Å². The van der Waals surface area contributed by atoms with Gasteiger partial charge in [0.05, 0.1) is 16.7 Å². The van der Waals surface area contributed by atoms with Crippen LogP contribution in [0, 0.1) is 0 Å². The van der Waals surface area contributed by atoms with Crippen LogP contribution >= 0.6 is 0 Å². The van der Waals surface area contributed by atoms with Gasteiger partial charge in [0.15, 0.2) is 17.5 Å². The monoisotopic (exact) mass is 600 g/mol. The molecule has 47 heavy (non-hydrogen) atoms. The van der Waals surface area contributed by atoms with E-state index in [1.807, 2.05) is 60.7 Å². The second-order valence-electron chi connectivity index (χ2n) is 11.7. The van der Waals surface area contributed by atoms with E-state index in [9.17, 15) is 0 Å². The smallest absolute Gasteiger partial charge is 0.166 e. The fourth-order valence-corrected chi connectivity index (χ4v) is 6.66. The van der Waals surface area contributed by atoms with E-state index >= 15 is 0 Å². The van der Waals surface area contributed by atoms with Crippen LogP contribution in [0.15, 0.2) is 170 Å². The lowest BCUT2D eigenvalue weighted by Gasteiger charge is -2.17. The molecular formula is C43H28N4. The van der Waals surface area contributed by atoms with Crippen LogP contribution in [0.5, 0.6) is 0 Å². The maximum Gasteiger partial charge on any atom is 0.166 e. The van der Waals surface area contributed by atoms with Crippen molar-refractivity contribution in [1.29, 1.82) is 0 Å². The average Bonchev–Trinajstić information content (AvgIpc) is 3.49. The van der Waals surface area contributed by atoms with E-state index in [1.165, 1.54) is 27.1 Å². The Labute approximate surface area is 272 Å². The summed E-state index contributed by atoms with van der Waals surface area (Å²) in [6, 6.07) is 59.2. The maximum atomic E-state index is 5.15. The molecule has 0 atom stereocenters. The maximum absolute atomic E-state index is 5.15. The molecular weight excluding hydrogens is 573 g/mol. The van der Waals surface area contributed by atoms with Crippen LogP contribution in [0.1, 0.15) is 0 Å². The van der Waals surface area contributed by atoms with Gasteiger partial charge >= 0.3 is 0 Å². The van der Waals surface area contributed by atoms with Gasteiger partial charge in [-0.2, -0.15) is 0 Å². The van der Waals surface area contributed by atoms with Gasteiger partial charge < -0.3 is 4.57 Å². The van der Waals surface area contributed by atoms with Gasteiger partial charge in [-0.3, -0.25) is 0 Å². The molecule has 4 heteroatoms. The quantitative estimate of drug-likeness (QED) is 0.197. The molecule has 9 rings (SSSR count). The molecule has 0 saturated heterocycles. The van der Waals surface area contributed by atoms with Gasteiger partial charge in [0.25, 0.3) is 0 Å². The highest BCUT2D eigenvalue weighted by Gasteiger charge is 2.20. The molecule has 0 aliphatic rings. The molecule has 4 nitrogen and oxygen atoms in total. The number of para-hydroxylation sites is 2. The molecule has 0 aliphatic carbocycles. The third-order valence-corrected chi connectivity index (χ3v) is 8.86. The average molecular weight is 601 g/mol. The summed E-state index contributed by atoms with van der Waals surface area (Å²) in [7, 11) is 0. The fraction of sp³-hybridized carbons (Fsp3) is 0. The molecule has 0 fully saturated rings. The van der Waals surface area contributed by atoms with E-state index < -0.39 is 0 Å². The van der Waals surface area contributed by atoms with E-state index in [1.54, 1.807) is 0 Å². The van der Waals surface area contributed by atoms with Crippen LogP contribution in [0.2, 0.25) is 0 Å². The number of fused-ring (bicyclic) bond motifs is 4. The standard InChI is InChI=1S/C43H28N4/c1-3-15-30(16-4-1)41-44-42(31-17-5-2-6-18-31)46-43(45-41)37-27-26-32(34-23-13-19-29-14-7-8-20-33(29)34)28-40(37)47-38-24-11-9-21-35(38)36-22-10-12-25-39(36)47/h1-28H. The third kappa shape index (κ3) is 4.66. The molecule has 0 bridgehead atoms. The highest BCUT2D eigenvalue weighted by Crippen LogP contribution is 2.39. The van der Waals surface area contributed by atoms with Crippen molar-refractivity contribution in [3.63, 3.8) is 0 Å². The first-order valence-corrected chi connectivity index (χ1v) is 15.8. The third-order valence-electron chi connectivity index (χ3n) is 8.86. The highest BCUT2D eigenvalue weighted by molar-refractivity contribution is 6.10. The number of rotatable bonds is 5. The number of benzene rings is 7. The van der Waals surface area contributed by atoms with E-state index in [0.29, 0.717) is 17.5 Å². The summed E-state index contributed by atoms with van der Waals surface area (Å²) in [6.07, 6.45) is 0. The predicted molar refractivity (Wildman–Crippen MR) is 193 cm³/mol. The zero-order chi connectivity index (χ0) is 31.2. The zero-order valence-electron chi connectivity index (χ0n) is 25.5. The summed E-state index contributed by atoms with van der Waals surface area (Å²) in [4.78, 5) is 15.3. The highest BCUT2D eigenvalue weighted by atomic mass is 15.1. The summed E-state index contributed by atoms with van der Waals surface area (Å²) >= 11 is 0.